The molecule has 0 radical (unpaired) electrons. The third-order valence-electron chi connectivity index (χ3n) is 5.26. The Morgan fingerprint density at radius 1 is 0.938 bits per heavy atom. The lowest BCUT2D eigenvalue weighted by Crippen LogP contribution is -2.48. The number of amides is 3. The van der Waals surface area contributed by atoms with E-state index in [0.717, 1.165) is 12.1 Å². The summed E-state index contributed by atoms with van der Waals surface area (Å²) >= 11 is 0. The van der Waals surface area contributed by atoms with E-state index in [1.165, 1.54) is 31.3 Å². The molecule has 0 spiro atoms. The first kappa shape index (κ1) is 23.0. The van der Waals surface area contributed by atoms with Crippen molar-refractivity contribution in [1.82, 2.24) is 15.8 Å². The summed E-state index contributed by atoms with van der Waals surface area (Å²) < 4.78 is 37.2. The predicted molar refractivity (Wildman–Crippen MR) is 110 cm³/mol. The second kappa shape index (κ2) is 10.1. The minimum absolute atomic E-state index is 0.212. The maximum atomic E-state index is 13.9. The Bertz CT molecular complexity index is 1020. The van der Waals surface area contributed by atoms with Gasteiger partial charge in [0.15, 0.2) is 11.5 Å². The maximum absolute atomic E-state index is 13.9. The summed E-state index contributed by atoms with van der Waals surface area (Å²) in [5.41, 5.74) is 4.81. The third kappa shape index (κ3) is 5.13. The number of hydrogen-bond acceptors (Lipinski definition) is 5. The molecule has 0 aromatic heterocycles. The molecule has 1 aliphatic heterocycles. The van der Waals surface area contributed by atoms with Crippen molar-refractivity contribution in [2.75, 3.05) is 27.3 Å². The standard InChI is InChI=1S/C22H23F2N3O5/c1-31-18-6-3-14(11-19(18)32-2)21(29)26-25-20(28)13-7-9-27(10-8-13)22(30)16-5-4-15(23)12-17(16)24/h3-6,11-13H,7-10H2,1-2H3,(H,25,28)(H,26,29). The lowest BCUT2D eigenvalue weighted by Gasteiger charge is -2.31. The summed E-state index contributed by atoms with van der Waals surface area (Å²) in [5, 5.41) is 0. The molecule has 1 heterocycles. The fourth-order valence-corrected chi connectivity index (χ4v) is 3.45. The van der Waals surface area contributed by atoms with Gasteiger partial charge in [0.25, 0.3) is 11.8 Å². The van der Waals surface area contributed by atoms with Crippen LogP contribution in [-0.4, -0.2) is 49.9 Å². The maximum Gasteiger partial charge on any atom is 0.269 e. The van der Waals surface area contributed by atoms with E-state index < -0.39 is 29.4 Å². The molecule has 32 heavy (non-hydrogen) atoms. The van der Waals surface area contributed by atoms with E-state index in [2.05, 4.69) is 10.9 Å². The van der Waals surface area contributed by atoms with Crippen LogP contribution in [0.2, 0.25) is 0 Å². The summed E-state index contributed by atoms with van der Waals surface area (Å²) in [6.45, 7) is 0.467. The predicted octanol–water partition coefficient (Wildman–Crippen LogP) is 2.30. The molecule has 0 unspecified atom stereocenters. The van der Waals surface area contributed by atoms with Gasteiger partial charge < -0.3 is 14.4 Å². The van der Waals surface area contributed by atoms with Crippen LogP contribution in [-0.2, 0) is 4.79 Å². The molecular weight excluding hydrogens is 424 g/mol. The van der Waals surface area contributed by atoms with E-state index in [0.29, 0.717) is 30.4 Å². The normalized spacial score (nSPS) is 13.9. The molecule has 0 bridgehead atoms. The number of hydrogen-bond donors (Lipinski definition) is 2. The zero-order chi connectivity index (χ0) is 23.3. The van der Waals surface area contributed by atoms with Crippen molar-refractivity contribution < 1.29 is 32.6 Å². The highest BCUT2D eigenvalue weighted by atomic mass is 19.1. The molecule has 170 valence electrons. The van der Waals surface area contributed by atoms with Crippen molar-refractivity contribution in [2.24, 2.45) is 5.92 Å². The van der Waals surface area contributed by atoms with Crippen LogP contribution < -0.4 is 20.3 Å². The average molecular weight is 447 g/mol. The first-order valence-electron chi connectivity index (χ1n) is 9.90. The molecule has 0 saturated carbocycles. The second-order valence-electron chi connectivity index (χ2n) is 7.20. The molecule has 10 heteroatoms. The van der Waals surface area contributed by atoms with Crippen LogP contribution in [0.4, 0.5) is 8.78 Å². The number of likely N-dealkylation sites (tertiary alicyclic amines) is 1. The first-order valence-corrected chi connectivity index (χ1v) is 9.90. The SMILES string of the molecule is COc1ccc(C(=O)NNC(=O)C2CCN(C(=O)c3ccc(F)cc3F)CC2)cc1OC. The molecule has 1 saturated heterocycles. The zero-order valence-electron chi connectivity index (χ0n) is 17.6. The summed E-state index contributed by atoms with van der Waals surface area (Å²) in [6, 6.07) is 7.38. The third-order valence-corrected chi connectivity index (χ3v) is 5.26. The van der Waals surface area contributed by atoms with Crippen LogP contribution in [0.1, 0.15) is 33.6 Å². The van der Waals surface area contributed by atoms with Crippen molar-refractivity contribution in [3.8, 4) is 11.5 Å². The van der Waals surface area contributed by atoms with Gasteiger partial charge in [0.2, 0.25) is 5.91 Å². The van der Waals surface area contributed by atoms with E-state index >= 15 is 0 Å². The summed E-state index contributed by atoms with van der Waals surface area (Å²) in [6.07, 6.45) is 0.680. The lowest BCUT2D eigenvalue weighted by atomic mass is 9.95. The van der Waals surface area contributed by atoms with Crippen LogP contribution in [0.3, 0.4) is 0 Å². The highest BCUT2D eigenvalue weighted by Gasteiger charge is 2.29. The number of benzene rings is 2. The Labute approximate surface area is 183 Å². The van der Waals surface area contributed by atoms with Crippen molar-refractivity contribution in [2.45, 2.75) is 12.8 Å². The topological polar surface area (TPSA) is 97.0 Å². The number of nitrogens with one attached hydrogen (secondary N) is 2. The van der Waals surface area contributed by atoms with E-state index in [1.54, 1.807) is 6.07 Å². The molecule has 3 rings (SSSR count). The van der Waals surface area contributed by atoms with E-state index in [4.69, 9.17) is 9.47 Å². The average Bonchev–Trinajstić information content (AvgIpc) is 2.81. The van der Waals surface area contributed by atoms with Gasteiger partial charge in [0, 0.05) is 30.6 Å². The molecule has 8 nitrogen and oxygen atoms in total. The van der Waals surface area contributed by atoms with Gasteiger partial charge in [-0.2, -0.15) is 0 Å². The van der Waals surface area contributed by atoms with E-state index in [-0.39, 0.29) is 30.1 Å². The number of nitrogens with zero attached hydrogens (tertiary/aromatic N) is 1. The summed E-state index contributed by atoms with van der Waals surface area (Å²) in [5.74, 6) is -2.74. The molecule has 1 fully saturated rings. The van der Waals surface area contributed by atoms with Gasteiger partial charge in [-0.25, -0.2) is 8.78 Å². The Kier molecular flexibility index (Phi) is 7.24. The molecule has 2 aromatic carbocycles. The Morgan fingerprint density at radius 3 is 2.25 bits per heavy atom. The minimum atomic E-state index is -0.923. The van der Waals surface area contributed by atoms with Crippen LogP contribution >= 0.6 is 0 Å². The van der Waals surface area contributed by atoms with Gasteiger partial charge in [-0.15, -0.1) is 0 Å². The monoisotopic (exact) mass is 447 g/mol. The Hall–Kier alpha value is -3.69. The molecular formula is C22H23F2N3O5. The molecule has 1 aliphatic rings. The van der Waals surface area contributed by atoms with Crippen LogP contribution in [0.25, 0.3) is 0 Å². The second-order valence-corrected chi connectivity index (χ2v) is 7.20. The lowest BCUT2D eigenvalue weighted by molar-refractivity contribution is -0.127. The largest absolute Gasteiger partial charge is 0.493 e. The van der Waals surface area contributed by atoms with Crippen molar-refractivity contribution in [1.29, 1.82) is 0 Å². The quantitative estimate of drug-likeness (QED) is 0.686. The van der Waals surface area contributed by atoms with E-state index in [9.17, 15) is 23.2 Å². The van der Waals surface area contributed by atoms with Gasteiger partial charge in [-0.05, 0) is 43.2 Å². The smallest absolute Gasteiger partial charge is 0.269 e. The highest BCUT2D eigenvalue weighted by Crippen LogP contribution is 2.27. The number of carbonyl (C=O) groups excluding carboxylic acids is 3. The number of ether oxygens (including phenoxy) is 2. The molecule has 0 aliphatic carbocycles. The zero-order valence-corrected chi connectivity index (χ0v) is 17.6. The molecule has 0 atom stereocenters. The number of rotatable bonds is 5. The Morgan fingerprint density at radius 2 is 1.62 bits per heavy atom. The summed E-state index contributed by atoms with van der Waals surface area (Å²) in [7, 11) is 2.93. The molecule has 2 aromatic rings. The Balaban J connectivity index is 1.51. The number of halogens is 2. The number of carbonyl (C=O) groups is 3. The molecule has 3 amide bonds. The van der Waals surface area contributed by atoms with Crippen LogP contribution in [0.15, 0.2) is 36.4 Å². The van der Waals surface area contributed by atoms with Crippen molar-refractivity contribution >= 4 is 17.7 Å². The van der Waals surface area contributed by atoms with Crippen molar-refractivity contribution in [3.63, 3.8) is 0 Å². The number of hydrazine groups is 1. The molecule has 2 N–H and O–H groups in total. The fourth-order valence-electron chi connectivity index (χ4n) is 3.45. The van der Waals surface area contributed by atoms with Crippen molar-refractivity contribution in [3.05, 3.63) is 59.2 Å². The van der Waals surface area contributed by atoms with Gasteiger partial charge in [0.05, 0.1) is 19.8 Å². The van der Waals surface area contributed by atoms with Gasteiger partial charge in [-0.3, -0.25) is 25.2 Å². The minimum Gasteiger partial charge on any atom is -0.493 e. The van der Waals surface area contributed by atoms with Gasteiger partial charge >= 0.3 is 0 Å². The number of piperidine rings is 1. The van der Waals surface area contributed by atoms with Gasteiger partial charge in [-0.1, -0.05) is 0 Å². The fraction of sp³-hybridized carbons (Fsp3) is 0.318. The summed E-state index contributed by atoms with van der Waals surface area (Å²) in [4.78, 5) is 38.6. The van der Waals surface area contributed by atoms with Crippen LogP contribution in [0.5, 0.6) is 11.5 Å². The first-order chi connectivity index (χ1) is 15.3. The highest BCUT2D eigenvalue weighted by molar-refractivity contribution is 5.96. The number of methoxy groups -OCH3 is 2. The van der Waals surface area contributed by atoms with Crippen LogP contribution in [0, 0.1) is 17.6 Å². The van der Waals surface area contributed by atoms with Gasteiger partial charge in [0.1, 0.15) is 11.6 Å². The van der Waals surface area contributed by atoms with E-state index in [1.807, 2.05) is 0 Å².